The number of carboxylic acid groups (broad SMARTS) is 1. The van der Waals surface area contributed by atoms with E-state index in [1.807, 2.05) is 9.47 Å². The Morgan fingerprint density at radius 3 is 2.47 bits per heavy atom. The molecule has 1 aromatic carbocycles. The van der Waals surface area contributed by atoms with Gasteiger partial charge in [-0.15, -0.1) is 0 Å². The van der Waals surface area contributed by atoms with E-state index in [1.54, 1.807) is 6.07 Å². The van der Waals surface area contributed by atoms with E-state index < -0.39 is 17.2 Å². The number of nitrogens with one attached hydrogen (secondary N) is 3. The Hall–Kier alpha value is -2.49. The van der Waals surface area contributed by atoms with Crippen molar-refractivity contribution in [2.45, 2.75) is 43.8 Å². The Labute approximate surface area is 197 Å². The minimum atomic E-state index is -1.27. The standard InChI is InChI=1S/C19H20FN3O3.C6H12N2/c20-14-5-12-16(6-17(14)22-7-10-3-4-21-15(10)9-22)23(11-1-2-11)8-13(18(12)24)19(25)26;1-2-8-6-4-7-3-5(1)6/h5-6,8,10-11,15,21H,1-4,7,9H2,(H,25,26);5-8H,1-4H2. The van der Waals surface area contributed by atoms with Crippen LogP contribution < -0.4 is 26.3 Å². The van der Waals surface area contributed by atoms with Crippen LogP contribution in [0.15, 0.2) is 23.1 Å². The predicted octanol–water partition coefficient (Wildman–Crippen LogP) is 1.54. The second-order valence-corrected chi connectivity index (χ2v) is 10.4. The fourth-order valence-corrected chi connectivity index (χ4v) is 6.18. The second-order valence-electron chi connectivity index (χ2n) is 10.4. The van der Waals surface area contributed by atoms with Crippen LogP contribution in [0.25, 0.3) is 10.9 Å². The molecule has 0 bridgehead atoms. The number of rotatable bonds is 3. The maximum Gasteiger partial charge on any atom is 0.341 e. The summed E-state index contributed by atoms with van der Waals surface area (Å²) in [5, 5.41) is 19.7. The quantitative estimate of drug-likeness (QED) is 0.541. The maximum absolute atomic E-state index is 14.9. The molecule has 5 fully saturated rings. The Kier molecular flexibility index (Phi) is 5.58. The topological polar surface area (TPSA) is 98.6 Å². The average Bonchev–Trinajstić information content (AvgIpc) is 3.14. The largest absolute Gasteiger partial charge is 0.477 e. The van der Waals surface area contributed by atoms with Crippen LogP contribution in [0.5, 0.6) is 0 Å². The molecule has 5 heterocycles. The lowest BCUT2D eigenvalue weighted by Gasteiger charge is -2.22. The van der Waals surface area contributed by atoms with E-state index in [1.165, 1.54) is 38.3 Å². The van der Waals surface area contributed by atoms with E-state index in [0.29, 0.717) is 23.2 Å². The number of carboxylic acids is 1. The lowest BCUT2D eigenvalue weighted by atomic mass is 10.1. The van der Waals surface area contributed by atoms with E-state index in [-0.39, 0.29) is 17.0 Å². The second kappa shape index (κ2) is 8.62. The molecule has 1 saturated carbocycles. The molecule has 34 heavy (non-hydrogen) atoms. The van der Waals surface area contributed by atoms with E-state index in [2.05, 4.69) is 16.0 Å². The summed E-state index contributed by atoms with van der Waals surface area (Å²) in [5.41, 5.74) is 0.223. The van der Waals surface area contributed by atoms with Crippen LogP contribution in [-0.4, -0.2) is 67.0 Å². The molecule has 7 rings (SSSR count). The number of fused-ring (bicyclic) bond motifs is 3. The molecule has 5 aliphatic rings. The Balaban J connectivity index is 0.000000228. The molecule has 4 unspecified atom stereocenters. The molecule has 182 valence electrons. The molecule has 0 amide bonds. The molecule has 4 atom stereocenters. The number of anilines is 1. The van der Waals surface area contributed by atoms with Crippen LogP contribution in [0.1, 0.15) is 42.1 Å². The molecule has 1 aromatic heterocycles. The van der Waals surface area contributed by atoms with Gasteiger partial charge in [-0.25, -0.2) is 9.18 Å². The van der Waals surface area contributed by atoms with E-state index in [0.717, 1.165) is 50.9 Å². The van der Waals surface area contributed by atoms with Crippen LogP contribution in [0, 0.1) is 17.7 Å². The van der Waals surface area contributed by atoms with Gasteiger partial charge in [0.1, 0.15) is 11.4 Å². The number of hydrogen-bond donors (Lipinski definition) is 4. The van der Waals surface area contributed by atoms with Crippen LogP contribution >= 0.6 is 0 Å². The van der Waals surface area contributed by atoms with Gasteiger partial charge in [-0.3, -0.25) is 4.79 Å². The zero-order chi connectivity index (χ0) is 23.4. The molecular weight excluding hydrogens is 437 g/mol. The number of aromatic carboxylic acids is 1. The van der Waals surface area contributed by atoms with E-state index >= 15 is 0 Å². The summed E-state index contributed by atoms with van der Waals surface area (Å²) < 4.78 is 16.7. The molecule has 4 aliphatic heterocycles. The van der Waals surface area contributed by atoms with Crippen molar-refractivity contribution in [2.24, 2.45) is 11.8 Å². The SMILES string of the molecule is C1CC2CNCC2N1.O=C(O)c1cn(C2CC2)c2cc(N3CC4CCNC4C3)c(F)cc2c1=O. The molecule has 0 spiro atoms. The molecule has 0 radical (unpaired) electrons. The lowest BCUT2D eigenvalue weighted by molar-refractivity contribution is 0.0695. The summed E-state index contributed by atoms with van der Waals surface area (Å²) in [6.07, 6.45) is 5.80. The molecule has 9 heteroatoms. The van der Waals surface area contributed by atoms with Crippen LogP contribution in [0.3, 0.4) is 0 Å². The van der Waals surface area contributed by atoms with Gasteiger partial charge in [-0.05, 0) is 69.3 Å². The highest BCUT2D eigenvalue weighted by molar-refractivity contribution is 5.93. The van der Waals surface area contributed by atoms with Crippen molar-refractivity contribution >= 4 is 22.6 Å². The van der Waals surface area contributed by atoms with Crippen molar-refractivity contribution in [3.8, 4) is 0 Å². The van der Waals surface area contributed by atoms with Crippen molar-refractivity contribution < 1.29 is 14.3 Å². The first-order chi connectivity index (χ1) is 16.5. The summed E-state index contributed by atoms with van der Waals surface area (Å²) in [7, 11) is 0. The highest BCUT2D eigenvalue weighted by Crippen LogP contribution is 2.39. The zero-order valence-corrected chi connectivity index (χ0v) is 19.2. The van der Waals surface area contributed by atoms with Crippen molar-refractivity contribution in [3.63, 3.8) is 0 Å². The third kappa shape index (κ3) is 3.89. The molecule has 1 aliphatic carbocycles. The first-order valence-corrected chi connectivity index (χ1v) is 12.5. The van der Waals surface area contributed by atoms with Gasteiger partial charge in [0.25, 0.3) is 0 Å². The zero-order valence-electron chi connectivity index (χ0n) is 19.2. The molecule has 4 N–H and O–H groups in total. The molecule has 8 nitrogen and oxygen atoms in total. The van der Waals surface area contributed by atoms with Crippen LogP contribution in [0.4, 0.5) is 10.1 Å². The van der Waals surface area contributed by atoms with Crippen molar-refractivity contribution in [1.29, 1.82) is 0 Å². The third-order valence-corrected chi connectivity index (χ3v) is 8.24. The smallest absolute Gasteiger partial charge is 0.341 e. The fourth-order valence-electron chi connectivity index (χ4n) is 6.18. The Morgan fingerprint density at radius 2 is 1.76 bits per heavy atom. The summed E-state index contributed by atoms with van der Waals surface area (Å²) in [4.78, 5) is 26.0. The number of benzene rings is 1. The normalized spacial score (nSPS) is 29.7. The van der Waals surface area contributed by atoms with Crippen molar-refractivity contribution in [3.05, 3.63) is 39.9 Å². The van der Waals surface area contributed by atoms with E-state index in [4.69, 9.17) is 0 Å². The van der Waals surface area contributed by atoms with Gasteiger partial charge in [0, 0.05) is 49.3 Å². The van der Waals surface area contributed by atoms with Crippen molar-refractivity contribution in [1.82, 2.24) is 20.5 Å². The number of pyridine rings is 1. The number of aromatic nitrogens is 1. The summed E-state index contributed by atoms with van der Waals surface area (Å²) in [5.74, 6) is -0.242. The fraction of sp³-hybridized carbons (Fsp3) is 0.600. The minimum Gasteiger partial charge on any atom is -0.477 e. The van der Waals surface area contributed by atoms with Gasteiger partial charge in [0.15, 0.2) is 0 Å². The number of carbonyl (C=O) groups is 1. The Bertz CT molecular complexity index is 1150. The average molecular weight is 470 g/mol. The summed E-state index contributed by atoms with van der Waals surface area (Å²) in [6, 6.07) is 4.35. The van der Waals surface area contributed by atoms with E-state index in [9.17, 15) is 19.1 Å². The highest BCUT2D eigenvalue weighted by atomic mass is 19.1. The van der Waals surface area contributed by atoms with Gasteiger partial charge < -0.3 is 30.5 Å². The van der Waals surface area contributed by atoms with Gasteiger partial charge >= 0.3 is 5.97 Å². The maximum atomic E-state index is 14.9. The van der Waals surface area contributed by atoms with Gasteiger partial charge in [0.05, 0.1) is 11.2 Å². The Morgan fingerprint density at radius 1 is 1.00 bits per heavy atom. The van der Waals surface area contributed by atoms with Gasteiger partial charge in [0.2, 0.25) is 5.43 Å². The molecule has 2 aromatic rings. The molecular formula is C25H32FN5O3. The van der Waals surface area contributed by atoms with Crippen LogP contribution in [-0.2, 0) is 0 Å². The van der Waals surface area contributed by atoms with Gasteiger partial charge in [-0.2, -0.15) is 0 Å². The first kappa shape index (κ1) is 22.0. The number of nitrogens with zero attached hydrogens (tertiary/aromatic N) is 2. The van der Waals surface area contributed by atoms with Crippen molar-refractivity contribution in [2.75, 3.05) is 44.2 Å². The monoisotopic (exact) mass is 469 g/mol. The molecule has 4 saturated heterocycles. The number of hydrogen-bond acceptors (Lipinski definition) is 6. The predicted molar refractivity (Wildman–Crippen MR) is 128 cm³/mol. The summed E-state index contributed by atoms with van der Waals surface area (Å²) >= 11 is 0. The highest BCUT2D eigenvalue weighted by Gasteiger charge is 2.37. The third-order valence-electron chi connectivity index (χ3n) is 8.24. The first-order valence-electron chi connectivity index (χ1n) is 12.5. The summed E-state index contributed by atoms with van der Waals surface area (Å²) in [6.45, 7) is 6.27. The lowest BCUT2D eigenvalue weighted by Crippen LogP contribution is -2.30. The minimum absolute atomic E-state index is 0.149. The number of halogens is 1. The van der Waals surface area contributed by atoms with Gasteiger partial charge in [-0.1, -0.05) is 0 Å². The van der Waals surface area contributed by atoms with Crippen LogP contribution in [0.2, 0.25) is 0 Å².